The Balaban J connectivity index is 1.23. The molecule has 0 unspecified atom stereocenters. The van der Waals surface area contributed by atoms with Gasteiger partial charge in [0.1, 0.15) is 0 Å². The molecule has 1 fully saturated rings. The Bertz CT molecular complexity index is 934. The average molecular weight is 474 g/mol. The van der Waals surface area contributed by atoms with E-state index in [1.54, 1.807) is 17.5 Å². The maximum atomic E-state index is 12.6. The SMILES string of the molecule is O=C(NCc1cccc(Cn2ccnc2)c1)N1CCN(Cc2ccc(Br)s2)CC1. The van der Waals surface area contributed by atoms with Crippen LogP contribution in [0.2, 0.25) is 0 Å². The van der Waals surface area contributed by atoms with E-state index in [0.29, 0.717) is 6.54 Å². The van der Waals surface area contributed by atoms with Crippen LogP contribution in [0.4, 0.5) is 4.79 Å². The van der Waals surface area contributed by atoms with Crippen molar-refractivity contribution in [2.24, 2.45) is 0 Å². The minimum Gasteiger partial charge on any atom is -0.334 e. The Morgan fingerprint density at radius 1 is 1.10 bits per heavy atom. The number of nitrogens with one attached hydrogen (secondary N) is 1. The molecule has 0 saturated carbocycles. The summed E-state index contributed by atoms with van der Waals surface area (Å²) in [6.07, 6.45) is 5.54. The highest BCUT2D eigenvalue weighted by Crippen LogP contribution is 2.23. The van der Waals surface area contributed by atoms with Gasteiger partial charge < -0.3 is 14.8 Å². The molecule has 2 aromatic heterocycles. The zero-order chi connectivity index (χ0) is 20.1. The third-order valence-corrected chi connectivity index (χ3v) is 6.64. The number of carbonyl (C=O) groups is 1. The summed E-state index contributed by atoms with van der Waals surface area (Å²) in [5.41, 5.74) is 2.31. The summed E-state index contributed by atoms with van der Waals surface area (Å²) < 4.78 is 3.20. The van der Waals surface area contributed by atoms with Crippen molar-refractivity contribution in [2.45, 2.75) is 19.6 Å². The zero-order valence-corrected chi connectivity index (χ0v) is 18.5. The molecular weight excluding hydrogens is 450 g/mol. The van der Waals surface area contributed by atoms with Gasteiger partial charge in [0.15, 0.2) is 0 Å². The van der Waals surface area contributed by atoms with Gasteiger partial charge in [-0.2, -0.15) is 0 Å². The second kappa shape index (κ2) is 9.56. The monoisotopic (exact) mass is 473 g/mol. The first-order valence-corrected chi connectivity index (χ1v) is 11.3. The molecule has 8 heteroatoms. The van der Waals surface area contributed by atoms with Crippen LogP contribution >= 0.6 is 27.3 Å². The van der Waals surface area contributed by atoms with E-state index in [2.05, 4.69) is 61.5 Å². The lowest BCUT2D eigenvalue weighted by Gasteiger charge is -2.34. The summed E-state index contributed by atoms with van der Waals surface area (Å²) in [6.45, 7) is 5.62. The topological polar surface area (TPSA) is 53.4 Å². The van der Waals surface area contributed by atoms with Crippen LogP contribution < -0.4 is 5.32 Å². The molecule has 1 aliphatic heterocycles. The third kappa shape index (κ3) is 5.68. The summed E-state index contributed by atoms with van der Waals surface area (Å²) >= 11 is 5.29. The normalized spacial score (nSPS) is 14.9. The van der Waals surface area contributed by atoms with Crippen molar-refractivity contribution in [3.63, 3.8) is 0 Å². The summed E-state index contributed by atoms with van der Waals surface area (Å²) in [6, 6.07) is 12.6. The first-order chi connectivity index (χ1) is 14.2. The number of rotatable bonds is 6. The summed E-state index contributed by atoms with van der Waals surface area (Å²) in [7, 11) is 0. The number of halogens is 1. The third-order valence-electron chi connectivity index (χ3n) is 5.03. The van der Waals surface area contributed by atoms with Crippen LogP contribution in [-0.4, -0.2) is 51.6 Å². The van der Waals surface area contributed by atoms with E-state index < -0.39 is 0 Å². The fourth-order valence-electron chi connectivity index (χ4n) is 3.48. The molecule has 3 aromatic rings. The molecule has 2 amide bonds. The van der Waals surface area contributed by atoms with Gasteiger partial charge in [0.05, 0.1) is 10.1 Å². The molecule has 0 aliphatic carbocycles. The van der Waals surface area contributed by atoms with Crippen molar-refractivity contribution in [1.82, 2.24) is 24.7 Å². The summed E-state index contributed by atoms with van der Waals surface area (Å²) in [5.74, 6) is 0. The molecule has 3 heterocycles. The van der Waals surface area contributed by atoms with Gasteiger partial charge in [0, 0.05) is 63.1 Å². The van der Waals surface area contributed by atoms with Crippen LogP contribution in [0.5, 0.6) is 0 Å². The van der Waals surface area contributed by atoms with Gasteiger partial charge in [-0.05, 0) is 39.2 Å². The van der Waals surface area contributed by atoms with Crippen molar-refractivity contribution in [3.05, 3.63) is 74.9 Å². The minimum absolute atomic E-state index is 0.0172. The molecule has 0 atom stereocenters. The zero-order valence-electron chi connectivity index (χ0n) is 16.1. The van der Waals surface area contributed by atoms with Crippen LogP contribution in [0.25, 0.3) is 0 Å². The molecule has 1 N–H and O–H groups in total. The number of amides is 2. The molecule has 1 saturated heterocycles. The molecule has 0 spiro atoms. The van der Waals surface area contributed by atoms with Crippen molar-refractivity contribution < 1.29 is 4.79 Å². The van der Waals surface area contributed by atoms with E-state index in [4.69, 9.17) is 0 Å². The van der Waals surface area contributed by atoms with Gasteiger partial charge in [0.25, 0.3) is 0 Å². The Morgan fingerprint density at radius 3 is 2.66 bits per heavy atom. The Labute approximate surface area is 183 Å². The van der Waals surface area contributed by atoms with Gasteiger partial charge in [-0.3, -0.25) is 4.90 Å². The fourth-order valence-corrected chi connectivity index (χ4v) is 5.01. The predicted octanol–water partition coefficient (Wildman–Crippen LogP) is 3.78. The van der Waals surface area contributed by atoms with Crippen LogP contribution in [-0.2, 0) is 19.6 Å². The van der Waals surface area contributed by atoms with E-state index in [-0.39, 0.29) is 6.03 Å². The molecular formula is C21H24BrN5OS. The van der Waals surface area contributed by atoms with Crippen LogP contribution in [0.3, 0.4) is 0 Å². The average Bonchev–Trinajstić information content (AvgIpc) is 3.39. The second-order valence-electron chi connectivity index (χ2n) is 7.18. The lowest BCUT2D eigenvalue weighted by atomic mass is 10.1. The number of aromatic nitrogens is 2. The van der Waals surface area contributed by atoms with Crippen LogP contribution in [0.15, 0.2) is 58.9 Å². The second-order valence-corrected chi connectivity index (χ2v) is 9.73. The Kier molecular flexibility index (Phi) is 6.63. The van der Waals surface area contributed by atoms with E-state index in [9.17, 15) is 4.79 Å². The van der Waals surface area contributed by atoms with Gasteiger partial charge in [0.2, 0.25) is 0 Å². The van der Waals surface area contributed by atoms with Gasteiger partial charge >= 0.3 is 6.03 Å². The van der Waals surface area contributed by atoms with Crippen LogP contribution in [0, 0.1) is 0 Å². The smallest absolute Gasteiger partial charge is 0.317 e. The first kappa shape index (κ1) is 20.1. The molecule has 0 radical (unpaired) electrons. The highest BCUT2D eigenvalue weighted by atomic mass is 79.9. The molecule has 29 heavy (non-hydrogen) atoms. The standard InChI is InChI=1S/C21H24BrN5OS/c22-20-5-4-19(29-20)15-25-8-10-27(11-9-25)21(28)24-13-17-2-1-3-18(12-17)14-26-7-6-23-16-26/h1-7,12,16H,8-11,13-15H2,(H,24,28). The van der Waals surface area contributed by atoms with Crippen LogP contribution in [0.1, 0.15) is 16.0 Å². The number of hydrogen-bond donors (Lipinski definition) is 1. The number of carbonyl (C=O) groups excluding carboxylic acids is 1. The number of urea groups is 1. The quantitative estimate of drug-likeness (QED) is 0.592. The number of nitrogens with zero attached hydrogens (tertiary/aromatic N) is 4. The highest BCUT2D eigenvalue weighted by Gasteiger charge is 2.21. The van der Waals surface area contributed by atoms with E-state index in [0.717, 1.165) is 44.8 Å². The number of hydrogen-bond acceptors (Lipinski definition) is 4. The number of thiophene rings is 1. The summed E-state index contributed by atoms with van der Waals surface area (Å²) in [4.78, 5) is 22.3. The van der Waals surface area contributed by atoms with E-state index in [1.165, 1.54) is 14.2 Å². The molecule has 4 rings (SSSR count). The molecule has 1 aromatic carbocycles. The lowest BCUT2D eigenvalue weighted by Crippen LogP contribution is -2.51. The minimum atomic E-state index is 0.0172. The van der Waals surface area contributed by atoms with Crippen molar-refractivity contribution in [1.29, 1.82) is 0 Å². The number of imidazole rings is 1. The van der Waals surface area contributed by atoms with E-state index >= 15 is 0 Å². The van der Waals surface area contributed by atoms with Gasteiger partial charge in [-0.25, -0.2) is 9.78 Å². The highest BCUT2D eigenvalue weighted by molar-refractivity contribution is 9.11. The Morgan fingerprint density at radius 2 is 1.93 bits per heavy atom. The molecule has 0 bridgehead atoms. The predicted molar refractivity (Wildman–Crippen MR) is 119 cm³/mol. The maximum Gasteiger partial charge on any atom is 0.317 e. The lowest BCUT2D eigenvalue weighted by molar-refractivity contribution is 0.135. The number of piperazine rings is 1. The molecule has 6 nitrogen and oxygen atoms in total. The van der Waals surface area contributed by atoms with Gasteiger partial charge in [-0.15, -0.1) is 11.3 Å². The Hall–Kier alpha value is -2.16. The maximum absolute atomic E-state index is 12.6. The summed E-state index contributed by atoms with van der Waals surface area (Å²) in [5, 5.41) is 3.07. The van der Waals surface area contributed by atoms with Crippen molar-refractivity contribution in [3.8, 4) is 0 Å². The van der Waals surface area contributed by atoms with E-state index in [1.807, 2.05) is 28.1 Å². The van der Waals surface area contributed by atoms with Crippen molar-refractivity contribution >= 4 is 33.3 Å². The molecule has 152 valence electrons. The number of benzene rings is 1. The first-order valence-electron chi connectivity index (χ1n) is 9.68. The fraction of sp³-hybridized carbons (Fsp3) is 0.333. The van der Waals surface area contributed by atoms with Crippen molar-refractivity contribution in [2.75, 3.05) is 26.2 Å². The van der Waals surface area contributed by atoms with Gasteiger partial charge in [-0.1, -0.05) is 24.3 Å². The molecule has 1 aliphatic rings. The largest absolute Gasteiger partial charge is 0.334 e.